The number of aliphatic hydroxyl groups is 1. The Morgan fingerprint density at radius 2 is 1.71 bits per heavy atom. The number of rotatable bonds is 10. The summed E-state index contributed by atoms with van der Waals surface area (Å²) in [5.41, 5.74) is 0. The molecule has 0 aliphatic rings. The minimum atomic E-state index is -1.23. The van der Waals surface area contributed by atoms with Crippen LogP contribution in [-0.4, -0.2) is 77.0 Å². The lowest BCUT2D eigenvalue weighted by Gasteiger charge is -2.21. The molecule has 0 aliphatic carbocycles. The van der Waals surface area contributed by atoms with Crippen molar-refractivity contribution in [3.05, 3.63) is 0 Å². The van der Waals surface area contributed by atoms with Crippen molar-refractivity contribution in [2.75, 3.05) is 32.0 Å². The van der Waals surface area contributed by atoms with Crippen molar-refractivity contribution in [1.29, 1.82) is 0 Å². The quantitative estimate of drug-likeness (QED) is 0.306. The average molecular weight is 321 g/mol. The number of carbonyl (C=O) groups excluding carboxylic acids is 2. The number of likely N-dealkylation sites (N-methyl/N-ethyl adjacent to an activating group) is 1. The van der Waals surface area contributed by atoms with Gasteiger partial charge in [-0.1, -0.05) is 13.8 Å². The van der Waals surface area contributed by atoms with Crippen LogP contribution in [-0.2, 0) is 14.4 Å². The Morgan fingerprint density at radius 1 is 1.14 bits per heavy atom. The smallest absolute Gasteiger partial charge is 0.327 e. The van der Waals surface area contributed by atoms with E-state index in [9.17, 15) is 14.4 Å². The third-order valence-electron chi connectivity index (χ3n) is 2.89. The fourth-order valence-electron chi connectivity index (χ4n) is 1.54. The molecule has 0 saturated carbocycles. The van der Waals surface area contributed by atoms with Crippen molar-refractivity contribution in [2.24, 2.45) is 0 Å². The Bertz CT molecular complexity index is 363. The molecule has 8 nitrogen and oxygen atoms in total. The van der Waals surface area contributed by atoms with Crippen molar-refractivity contribution in [3.8, 4) is 0 Å². The fourth-order valence-corrected chi connectivity index (χ4v) is 1.79. The van der Waals surface area contributed by atoms with Crippen LogP contribution in [0.25, 0.3) is 0 Å². The minimum absolute atomic E-state index is 0.0907. The van der Waals surface area contributed by atoms with Crippen LogP contribution in [0.3, 0.4) is 0 Å². The number of thiol groups is 1. The molecule has 0 bridgehead atoms. The maximum Gasteiger partial charge on any atom is 0.327 e. The molecule has 4 N–H and O–H groups in total. The predicted octanol–water partition coefficient (Wildman–Crippen LogP) is -1.70. The summed E-state index contributed by atoms with van der Waals surface area (Å²) in [6.07, 6.45) is 0. The van der Waals surface area contributed by atoms with E-state index in [1.54, 1.807) is 0 Å². The van der Waals surface area contributed by atoms with E-state index in [0.717, 1.165) is 0 Å². The van der Waals surface area contributed by atoms with Crippen LogP contribution in [0.1, 0.15) is 13.8 Å². The first-order chi connectivity index (χ1) is 9.89. The van der Waals surface area contributed by atoms with Gasteiger partial charge in [0.25, 0.3) is 0 Å². The molecule has 0 aromatic heterocycles. The summed E-state index contributed by atoms with van der Waals surface area (Å²) in [6.45, 7) is 4.65. The van der Waals surface area contributed by atoms with Gasteiger partial charge in [-0.3, -0.25) is 14.5 Å². The zero-order valence-electron chi connectivity index (χ0n) is 12.2. The summed E-state index contributed by atoms with van der Waals surface area (Å²) in [4.78, 5) is 36.2. The van der Waals surface area contributed by atoms with Crippen molar-refractivity contribution in [2.45, 2.75) is 25.9 Å². The van der Waals surface area contributed by atoms with Crippen molar-refractivity contribution in [1.82, 2.24) is 15.5 Å². The van der Waals surface area contributed by atoms with Gasteiger partial charge in [0.15, 0.2) is 0 Å². The number of aliphatic hydroxyl groups excluding tert-OH is 1. The minimum Gasteiger partial charge on any atom is -0.480 e. The lowest BCUT2D eigenvalue weighted by Crippen LogP contribution is -2.55. The molecular formula is C12H23N3O5S. The Balaban J connectivity index is 4.52. The van der Waals surface area contributed by atoms with Gasteiger partial charge in [-0.25, -0.2) is 4.79 Å². The summed E-state index contributed by atoms with van der Waals surface area (Å²) in [5.74, 6) is -2.49. The predicted molar refractivity (Wildman–Crippen MR) is 80.2 cm³/mol. The third-order valence-corrected chi connectivity index (χ3v) is 3.26. The van der Waals surface area contributed by atoms with Crippen LogP contribution in [0.4, 0.5) is 0 Å². The van der Waals surface area contributed by atoms with Crippen LogP contribution >= 0.6 is 12.6 Å². The summed E-state index contributed by atoms with van der Waals surface area (Å²) in [7, 11) is 0. The van der Waals surface area contributed by atoms with Crippen LogP contribution in [0.15, 0.2) is 0 Å². The molecule has 0 aromatic carbocycles. The largest absolute Gasteiger partial charge is 0.480 e. The van der Waals surface area contributed by atoms with Crippen LogP contribution in [0, 0.1) is 0 Å². The third kappa shape index (κ3) is 7.30. The zero-order valence-corrected chi connectivity index (χ0v) is 13.1. The number of carboxylic acid groups (broad SMARTS) is 1. The molecule has 0 saturated heterocycles. The SMILES string of the molecule is CCN(CC)CC(=O)N[C@@H](CO)C(=O)N[C@@H](CS)C(=O)O. The molecule has 0 aliphatic heterocycles. The molecule has 9 heteroatoms. The number of amides is 2. The molecule has 0 radical (unpaired) electrons. The molecule has 0 spiro atoms. The Kier molecular flexibility index (Phi) is 9.76. The number of carbonyl (C=O) groups is 3. The van der Waals surface area contributed by atoms with Gasteiger partial charge in [-0.2, -0.15) is 12.6 Å². The van der Waals surface area contributed by atoms with Crippen LogP contribution in [0.2, 0.25) is 0 Å². The van der Waals surface area contributed by atoms with Gasteiger partial charge in [0, 0.05) is 5.75 Å². The normalized spacial score (nSPS) is 13.6. The maximum absolute atomic E-state index is 11.8. The average Bonchev–Trinajstić information content (AvgIpc) is 2.46. The van der Waals surface area contributed by atoms with E-state index in [-0.39, 0.29) is 12.3 Å². The van der Waals surface area contributed by atoms with Crippen molar-refractivity contribution >= 4 is 30.4 Å². The lowest BCUT2D eigenvalue weighted by molar-refractivity contribution is -0.141. The molecular weight excluding hydrogens is 298 g/mol. The summed E-state index contributed by atoms with van der Waals surface area (Å²) in [5, 5.41) is 22.6. The lowest BCUT2D eigenvalue weighted by atomic mass is 10.2. The van der Waals surface area contributed by atoms with E-state index in [1.807, 2.05) is 18.7 Å². The first-order valence-corrected chi connectivity index (χ1v) is 7.29. The number of aliphatic carboxylic acids is 1. The summed E-state index contributed by atoms with van der Waals surface area (Å²) >= 11 is 3.82. The highest BCUT2D eigenvalue weighted by molar-refractivity contribution is 7.80. The van der Waals surface area contributed by atoms with E-state index in [0.29, 0.717) is 13.1 Å². The van der Waals surface area contributed by atoms with E-state index in [1.165, 1.54) is 0 Å². The van der Waals surface area contributed by atoms with E-state index in [2.05, 4.69) is 23.3 Å². The molecule has 21 heavy (non-hydrogen) atoms. The molecule has 0 heterocycles. The first-order valence-electron chi connectivity index (χ1n) is 6.66. The Morgan fingerprint density at radius 3 is 2.10 bits per heavy atom. The Hall–Kier alpha value is -1.32. The second-order valence-corrected chi connectivity index (χ2v) is 4.71. The molecule has 122 valence electrons. The highest BCUT2D eigenvalue weighted by Crippen LogP contribution is 1.93. The second kappa shape index (κ2) is 10.4. The maximum atomic E-state index is 11.8. The van der Waals surface area contributed by atoms with E-state index >= 15 is 0 Å². The molecule has 0 rings (SSSR count). The summed E-state index contributed by atoms with van der Waals surface area (Å²) < 4.78 is 0. The van der Waals surface area contributed by atoms with Gasteiger partial charge in [0.1, 0.15) is 12.1 Å². The molecule has 0 unspecified atom stereocenters. The summed E-state index contributed by atoms with van der Waals surface area (Å²) in [6, 6.07) is -2.36. The topological polar surface area (TPSA) is 119 Å². The second-order valence-electron chi connectivity index (χ2n) is 4.35. The van der Waals surface area contributed by atoms with Gasteiger partial charge in [-0.05, 0) is 13.1 Å². The van der Waals surface area contributed by atoms with Crippen molar-refractivity contribution in [3.63, 3.8) is 0 Å². The molecule has 2 atom stereocenters. The standard InChI is InChI=1S/C12H23N3O5S/c1-3-15(4-2)5-10(17)13-8(6-16)11(18)14-9(7-21)12(19)20/h8-9,16,21H,3-7H2,1-2H3,(H,13,17)(H,14,18)(H,19,20)/t8-,9-/m0/s1. The van der Waals surface area contributed by atoms with E-state index < -0.39 is 36.5 Å². The zero-order chi connectivity index (χ0) is 16.4. The Labute approximate surface area is 129 Å². The molecule has 2 amide bonds. The highest BCUT2D eigenvalue weighted by Gasteiger charge is 2.25. The number of hydrogen-bond acceptors (Lipinski definition) is 6. The van der Waals surface area contributed by atoms with Gasteiger partial charge >= 0.3 is 5.97 Å². The van der Waals surface area contributed by atoms with Crippen LogP contribution in [0.5, 0.6) is 0 Å². The highest BCUT2D eigenvalue weighted by atomic mass is 32.1. The first kappa shape index (κ1) is 19.7. The van der Waals surface area contributed by atoms with Crippen molar-refractivity contribution < 1.29 is 24.6 Å². The van der Waals surface area contributed by atoms with Crippen LogP contribution < -0.4 is 10.6 Å². The van der Waals surface area contributed by atoms with Gasteiger partial charge in [0.2, 0.25) is 11.8 Å². The fraction of sp³-hybridized carbons (Fsp3) is 0.750. The molecule has 0 aromatic rings. The van der Waals surface area contributed by atoms with Gasteiger partial charge in [-0.15, -0.1) is 0 Å². The molecule has 0 fully saturated rings. The van der Waals surface area contributed by atoms with Gasteiger partial charge < -0.3 is 20.8 Å². The number of nitrogens with one attached hydrogen (secondary N) is 2. The number of carboxylic acids is 1. The monoisotopic (exact) mass is 321 g/mol. The van der Waals surface area contributed by atoms with E-state index in [4.69, 9.17) is 10.2 Å². The number of nitrogens with zero attached hydrogens (tertiary/aromatic N) is 1. The van der Waals surface area contributed by atoms with Gasteiger partial charge in [0.05, 0.1) is 13.2 Å². The number of hydrogen-bond donors (Lipinski definition) is 5.